The number of nitrogens with one attached hydrogen (secondary N) is 1. The van der Waals surface area contributed by atoms with Gasteiger partial charge in [-0.05, 0) is 67.4 Å². The van der Waals surface area contributed by atoms with Gasteiger partial charge in [0.2, 0.25) is 0 Å². The summed E-state index contributed by atoms with van der Waals surface area (Å²) in [7, 11) is 0. The van der Waals surface area contributed by atoms with Gasteiger partial charge in [0.1, 0.15) is 5.75 Å². The number of ether oxygens (including phenoxy) is 1. The average Bonchev–Trinajstić information content (AvgIpc) is 2.73. The number of aryl methyl sites for hydroxylation is 1. The maximum atomic E-state index is 12.9. The number of fused-ring (bicyclic) bond motifs is 1. The Morgan fingerprint density at radius 1 is 1.10 bits per heavy atom. The smallest absolute Gasteiger partial charge is 0.268 e. The van der Waals surface area contributed by atoms with Crippen LogP contribution in [0.2, 0.25) is 5.02 Å². The van der Waals surface area contributed by atoms with Crippen LogP contribution in [0.4, 0.5) is 11.4 Å². The lowest BCUT2D eigenvalue weighted by molar-refractivity contribution is -0.125. The highest BCUT2D eigenvalue weighted by Crippen LogP contribution is 2.37. The molecular formula is C24H21ClN2O3. The largest absolute Gasteiger partial charge is 0.479 e. The number of carbonyl (C=O) groups excluding carboxylic acids is 2. The van der Waals surface area contributed by atoms with Gasteiger partial charge in [-0.3, -0.25) is 9.59 Å². The molecule has 0 aromatic heterocycles. The van der Waals surface area contributed by atoms with Crippen molar-refractivity contribution in [2.75, 3.05) is 10.2 Å². The number of benzene rings is 3. The van der Waals surface area contributed by atoms with Crippen LogP contribution in [0.3, 0.4) is 0 Å². The number of halogens is 1. The normalized spacial score (nSPS) is 15.4. The Balaban J connectivity index is 1.64. The molecule has 152 valence electrons. The van der Waals surface area contributed by atoms with Gasteiger partial charge >= 0.3 is 0 Å². The van der Waals surface area contributed by atoms with Crippen molar-refractivity contribution in [3.05, 3.63) is 88.4 Å². The van der Waals surface area contributed by atoms with Crippen LogP contribution in [0.1, 0.15) is 28.4 Å². The summed E-state index contributed by atoms with van der Waals surface area (Å²) in [6.45, 7) is 4.19. The van der Waals surface area contributed by atoms with E-state index in [2.05, 4.69) is 5.32 Å². The zero-order chi connectivity index (χ0) is 21.3. The minimum absolute atomic E-state index is 0.119. The van der Waals surface area contributed by atoms with Gasteiger partial charge in [-0.15, -0.1) is 0 Å². The molecule has 1 aliphatic rings. The molecule has 6 heteroatoms. The predicted molar refractivity (Wildman–Crippen MR) is 118 cm³/mol. The van der Waals surface area contributed by atoms with Gasteiger partial charge in [-0.1, -0.05) is 35.9 Å². The monoisotopic (exact) mass is 420 g/mol. The van der Waals surface area contributed by atoms with Crippen LogP contribution in [0.5, 0.6) is 5.75 Å². The van der Waals surface area contributed by atoms with Crippen molar-refractivity contribution in [3.8, 4) is 5.75 Å². The fraction of sp³-hybridized carbons (Fsp3) is 0.167. The maximum Gasteiger partial charge on any atom is 0.268 e. The molecular weight excluding hydrogens is 400 g/mol. The van der Waals surface area contributed by atoms with Gasteiger partial charge in [-0.25, -0.2) is 0 Å². The third kappa shape index (κ3) is 4.02. The number of hydrogen-bond acceptors (Lipinski definition) is 3. The van der Waals surface area contributed by atoms with E-state index in [9.17, 15) is 9.59 Å². The van der Waals surface area contributed by atoms with E-state index in [1.165, 1.54) is 0 Å². The Kier molecular flexibility index (Phi) is 5.46. The molecule has 4 rings (SSSR count). The van der Waals surface area contributed by atoms with Gasteiger partial charge in [0.15, 0.2) is 6.10 Å². The number of hydrogen-bond donors (Lipinski definition) is 1. The molecule has 0 fully saturated rings. The Hall–Kier alpha value is -3.31. The lowest BCUT2D eigenvalue weighted by Crippen LogP contribution is -2.44. The summed E-state index contributed by atoms with van der Waals surface area (Å²) >= 11 is 5.89. The molecule has 1 atom stereocenters. The summed E-state index contributed by atoms with van der Waals surface area (Å²) in [5, 5.41) is 3.44. The highest BCUT2D eigenvalue weighted by molar-refractivity contribution is 6.30. The molecule has 0 saturated heterocycles. The molecule has 2 amide bonds. The van der Waals surface area contributed by atoms with E-state index in [1.54, 1.807) is 54.3 Å². The van der Waals surface area contributed by atoms with Crippen molar-refractivity contribution in [1.29, 1.82) is 0 Å². The van der Waals surface area contributed by atoms with Crippen molar-refractivity contribution >= 4 is 34.8 Å². The van der Waals surface area contributed by atoms with Gasteiger partial charge in [0.05, 0.1) is 12.2 Å². The van der Waals surface area contributed by atoms with Crippen LogP contribution in [0.15, 0.2) is 66.7 Å². The quantitative estimate of drug-likeness (QED) is 0.629. The molecule has 5 nitrogen and oxygen atoms in total. The van der Waals surface area contributed by atoms with E-state index in [1.807, 2.05) is 31.2 Å². The summed E-state index contributed by atoms with van der Waals surface area (Å²) in [6, 6.07) is 19.9. The summed E-state index contributed by atoms with van der Waals surface area (Å²) < 4.78 is 5.78. The summed E-state index contributed by atoms with van der Waals surface area (Å²) in [5.41, 5.74) is 3.87. The Labute approximate surface area is 180 Å². The summed E-state index contributed by atoms with van der Waals surface area (Å²) in [5.74, 6) is 0.237. The van der Waals surface area contributed by atoms with Gasteiger partial charge < -0.3 is 15.0 Å². The molecule has 0 bridgehead atoms. The van der Waals surface area contributed by atoms with Crippen molar-refractivity contribution < 1.29 is 14.3 Å². The fourth-order valence-corrected chi connectivity index (χ4v) is 3.54. The Morgan fingerprint density at radius 2 is 1.83 bits per heavy atom. The van der Waals surface area contributed by atoms with Gasteiger partial charge in [-0.2, -0.15) is 0 Å². The molecule has 0 saturated carbocycles. The highest BCUT2D eigenvalue weighted by Gasteiger charge is 2.32. The predicted octanol–water partition coefficient (Wildman–Crippen LogP) is 5.21. The molecule has 0 radical (unpaired) electrons. The number of amides is 2. The van der Waals surface area contributed by atoms with Crippen molar-refractivity contribution in [3.63, 3.8) is 0 Å². The van der Waals surface area contributed by atoms with Gasteiger partial charge in [0, 0.05) is 16.3 Å². The van der Waals surface area contributed by atoms with Crippen molar-refractivity contribution in [1.82, 2.24) is 0 Å². The second kappa shape index (κ2) is 8.20. The molecule has 0 spiro atoms. The molecule has 1 heterocycles. The lowest BCUT2D eigenvalue weighted by Gasteiger charge is -2.33. The third-order valence-electron chi connectivity index (χ3n) is 5.12. The number of rotatable bonds is 4. The topological polar surface area (TPSA) is 58.6 Å². The first-order chi connectivity index (χ1) is 14.4. The van der Waals surface area contributed by atoms with Crippen LogP contribution in [-0.2, 0) is 11.3 Å². The average molecular weight is 421 g/mol. The van der Waals surface area contributed by atoms with E-state index >= 15 is 0 Å². The van der Waals surface area contributed by atoms with E-state index in [0.29, 0.717) is 34.3 Å². The SMILES string of the molecule is Cc1ccccc1CN1C(=O)C(C)Oc2ccc(NC(=O)c3ccc(Cl)cc3)cc21. The fourth-order valence-electron chi connectivity index (χ4n) is 3.41. The third-order valence-corrected chi connectivity index (χ3v) is 5.37. The molecule has 3 aromatic carbocycles. The van der Waals surface area contributed by atoms with Crippen LogP contribution in [0, 0.1) is 6.92 Å². The molecule has 3 aromatic rings. The Morgan fingerprint density at radius 3 is 2.57 bits per heavy atom. The Bertz CT molecular complexity index is 1110. The summed E-state index contributed by atoms with van der Waals surface area (Å²) in [6.07, 6.45) is -0.573. The van der Waals surface area contributed by atoms with Crippen molar-refractivity contribution in [2.24, 2.45) is 0 Å². The zero-order valence-corrected chi connectivity index (χ0v) is 17.4. The first-order valence-corrected chi connectivity index (χ1v) is 10.0. The highest BCUT2D eigenvalue weighted by atomic mass is 35.5. The zero-order valence-electron chi connectivity index (χ0n) is 16.7. The van der Waals surface area contributed by atoms with Crippen molar-refractivity contribution in [2.45, 2.75) is 26.5 Å². The van der Waals surface area contributed by atoms with E-state index in [4.69, 9.17) is 16.3 Å². The first kappa shape index (κ1) is 20.0. The molecule has 1 unspecified atom stereocenters. The summed E-state index contributed by atoms with van der Waals surface area (Å²) in [4.78, 5) is 27.2. The number of anilines is 2. The van der Waals surface area contributed by atoms with Crippen LogP contribution in [0.25, 0.3) is 0 Å². The van der Waals surface area contributed by atoms with Crippen LogP contribution >= 0.6 is 11.6 Å². The minimum atomic E-state index is -0.573. The number of carbonyl (C=O) groups is 2. The number of nitrogens with zero attached hydrogens (tertiary/aromatic N) is 1. The minimum Gasteiger partial charge on any atom is -0.479 e. The first-order valence-electron chi connectivity index (χ1n) is 9.66. The van der Waals surface area contributed by atoms with Crippen LogP contribution in [-0.4, -0.2) is 17.9 Å². The molecule has 1 N–H and O–H groups in total. The molecule has 30 heavy (non-hydrogen) atoms. The second-order valence-electron chi connectivity index (χ2n) is 7.25. The van der Waals surface area contributed by atoms with E-state index < -0.39 is 6.10 Å². The van der Waals surface area contributed by atoms with E-state index in [0.717, 1.165) is 11.1 Å². The molecule has 1 aliphatic heterocycles. The second-order valence-corrected chi connectivity index (χ2v) is 7.69. The molecule has 0 aliphatic carbocycles. The van der Waals surface area contributed by atoms with E-state index in [-0.39, 0.29) is 11.8 Å². The van der Waals surface area contributed by atoms with Gasteiger partial charge in [0.25, 0.3) is 11.8 Å². The van der Waals surface area contributed by atoms with Crippen LogP contribution < -0.4 is 15.0 Å². The lowest BCUT2D eigenvalue weighted by atomic mass is 10.1. The maximum absolute atomic E-state index is 12.9. The standard InChI is InChI=1S/C24H21ClN2O3/c1-15-5-3-4-6-18(15)14-27-21-13-20(11-12-22(21)30-16(2)24(27)29)26-23(28)17-7-9-19(25)10-8-17/h3-13,16H,14H2,1-2H3,(H,26,28).